The van der Waals surface area contributed by atoms with Crippen molar-refractivity contribution in [1.29, 1.82) is 0 Å². The summed E-state index contributed by atoms with van der Waals surface area (Å²) in [5.41, 5.74) is 0. The Hall–Kier alpha value is -2.77. The molecule has 0 amide bonds. The lowest BCUT2D eigenvalue weighted by Crippen LogP contribution is -2.39. The van der Waals surface area contributed by atoms with E-state index in [1.165, 1.54) is 0 Å². The number of ether oxygens (including phenoxy) is 2. The standard InChI is InChI=1S/C18H27N5O3/c1-5-19-18(20-11-10-17-22-14(3)23-26-17)21-12-13(2)25-16-9-7-6-8-15(16)24-4/h6-9,13H,5,10-12H2,1-4H3,(H2,19,20,21). The molecule has 1 aromatic heterocycles. The first-order chi connectivity index (χ1) is 12.6. The summed E-state index contributed by atoms with van der Waals surface area (Å²) in [6, 6.07) is 7.58. The third kappa shape index (κ3) is 6.27. The maximum absolute atomic E-state index is 5.92. The van der Waals surface area contributed by atoms with Crippen LogP contribution in [0.4, 0.5) is 0 Å². The minimum absolute atomic E-state index is 0.0969. The monoisotopic (exact) mass is 361 g/mol. The van der Waals surface area contributed by atoms with Crippen LogP contribution in [-0.2, 0) is 6.42 Å². The second kappa shape index (κ2) is 10.3. The second-order valence-corrected chi connectivity index (χ2v) is 5.71. The van der Waals surface area contributed by atoms with E-state index in [4.69, 9.17) is 14.0 Å². The minimum atomic E-state index is -0.0969. The molecular formula is C18H27N5O3. The van der Waals surface area contributed by atoms with E-state index in [-0.39, 0.29) is 6.10 Å². The summed E-state index contributed by atoms with van der Waals surface area (Å²) >= 11 is 0. The Morgan fingerprint density at radius 3 is 2.69 bits per heavy atom. The Balaban J connectivity index is 1.84. The summed E-state index contributed by atoms with van der Waals surface area (Å²) in [7, 11) is 1.63. The molecule has 0 aliphatic rings. The van der Waals surface area contributed by atoms with Crippen LogP contribution in [0.25, 0.3) is 0 Å². The van der Waals surface area contributed by atoms with Crippen molar-refractivity contribution in [2.75, 3.05) is 26.7 Å². The lowest BCUT2D eigenvalue weighted by molar-refractivity contribution is 0.219. The Labute approximate surface area is 154 Å². The zero-order valence-corrected chi connectivity index (χ0v) is 15.8. The third-order valence-electron chi connectivity index (χ3n) is 3.45. The van der Waals surface area contributed by atoms with E-state index in [9.17, 15) is 0 Å². The first kappa shape index (κ1) is 19.6. The van der Waals surface area contributed by atoms with E-state index in [2.05, 4.69) is 25.8 Å². The Bertz CT molecular complexity index is 702. The topological polar surface area (TPSA) is 93.8 Å². The number of hydrogen-bond donors (Lipinski definition) is 2. The molecule has 142 valence electrons. The SMILES string of the molecule is CCNC(=NCC(C)Oc1ccccc1OC)NCCc1nc(C)no1. The van der Waals surface area contributed by atoms with Gasteiger partial charge in [0.15, 0.2) is 23.3 Å². The second-order valence-electron chi connectivity index (χ2n) is 5.71. The van der Waals surface area contributed by atoms with Crippen LogP contribution < -0.4 is 20.1 Å². The van der Waals surface area contributed by atoms with Gasteiger partial charge >= 0.3 is 0 Å². The molecule has 0 saturated carbocycles. The number of methoxy groups -OCH3 is 1. The van der Waals surface area contributed by atoms with Gasteiger partial charge < -0.3 is 24.6 Å². The molecule has 2 rings (SSSR count). The minimum Gasteiger partial charge on any atom is -0.493 e. The molecular weight excluding hydrogens is 334 g/mol. The van der Waals surface area contributed by atoms with Crippen molar-refractivity contribution in [3.8, 4) is 11.5 Å². The number of aromatic nitrogens is 2. The predicted octanol–water partition coefficient (Wildman–Crippen LogP) is 1.95. The fraction of sp³-hybridized carbons (Fsp3) is 0.500. The Morgan fingerprint density at radius 2 is 2.04 bits per heavy atom. The number of para-hydroxylation sites is 2. The van der Waals surface area contributed by atoms with Crippen LogP contribution in [0.2, 0.25) is 0 Å². The van der Waals surface area contributed by atoms with Gasteiger partial charge in [-0.3, -0.25) is 0 Å². The van der Waals surface area contributed by atoms with Gasteiger partial charge in [-0.15, -0.1) is 0 Å². The average molecular weight is 361 g/mol. The Kier molecular flexibility index (Phi) is 7.73. The molecule has 0 bridgehead atoms. The maximum atomic E-state index is 5.92. The molecule has 1 atom stereocenters. The summed E-state index contributed by atoms with van der Waals surface area (Å²) in [6.45, 7) is 7.72. The van der Waals surface area contributed by atoms with E-state index in [1.54, 1.807) is 14.0 Å². The number of aliphatic imine (C=N–C) groups is 1. The van der Waals surface area contributed by atoms with Crippen LogP contribution in [0.1, 0.15) is 25.6 Å². The number of nitrogens with zero attached hydrogens (tertiary/aromatic N) is 3. The maximum Gasteiger partial charge on any atom is 0.228 e. The molecule has 2 aromatic rings. The van der Waals surface area contributed by atoms with E-state index in [0.717, 1.165) is 12.5 Å². The molecule has 0 aliphatic carbocycles. The molecule has 8 nitrogen and oxygen atoms in total. The highest BCUT2D eigenvalue weighted by Gasteiger charge is 2.09. The number of benzene rings is 1. The highest BCUT2D eigenvalue weighted by Crippen LogP contribution is 2.26. The van der Waals surface area contributed by atoms with Crippen LogP contribution >= 0.6 is 0 Å². The van der Waals surface area contributed by atoms with E-state index < -0.39 is 0 Å². The van der Waals surface area contributed by atoms with Crippen molar-refractivity contribution in [2.24, 2.45) is 4.99 Å². The van der Waals surface area contributed by atoms with Crippen LogP contribution in [-0.4, -0.2) is 48.9 Å². The number of nitrogens with one attached hydrogen (secondary N) is 2. The van der Waals surface area contributed by atoms with Gasteiger partial charge in [0.05, 0.1) is 13.7 Å². The zero-order valence-electron chi connectivity index (χ0n) is 15.8. The zero-order chi connectivity index (χ0) is 18.8. The summed E-state index contributed by atoms with van der Waals surface area (Å²) in [5.74, 6) is 3.39. The van der Waals surface area contributed by atoms with Crippen molar-refractivity contribution in [1.82, 2.24) is 20.8 Å². The summed E-state index contributed by atoms with van der Waals surface area (Å²) < 4.78 is 16.3. The normalized spacial score (nSPS) is 12.5. The highest BCUT2D eigenvalue weighted by molar-refractivity contribution is 5.79. The van der Waals surface area contributed by atoms with Crippen molar-refractivity contribution in [3.05, 3.63) is 36.0 Å². The van der Waals surface area contributed by atoms with Gasteiger partial charge in [0.25, 0.3) is 0 Å². The molecule has 0 spiro atoms. The van der Waals surface area contributed by atoms with Crippen molar-refractivity contribution < 1.29 is 14.0 Å². The molecule has 1 heterocycles. The molecule has 8 heteroatoms. The lowest BCUT2D eigenvalue weighted by Gasteiger charge is -2.16. The first-order valence-corrected chi connectivity index (χ1v) is 8.73. The van der Waals surface area contributed by atoms with E-state index in [0.29, 0.717) is 42.7 Å². The molecule has 0 fully saturated rings. The van der Waals surface area contributed by atoms with Gasteiger partial charge in [-0.05, 0) is 32.9 Å². The number of rotatable bonds is 9. The highest BCUT2D eigenvalue weighted by atomic mass is 16.5. The first-order valence-electron chi connectivity index (χ1n) is 8.73. The van der Waals surface area contributed by atoms with Gasteiger partial charge in [-0.1, -0.05) is 17.3 Å². The molecule has 0 radical (unpaired) electrons. The van der Waals surface area contributed by atoms with E-state index in [1.807, 2.05) is 38.1 Å². The predicted molar refractivity (Wildman–Crippen MR) is 99.8 cm³/mol. The number of guanidine groups is 1. The van der Waals surface area contributed by atoms with E-state index >= 15 is 0 Å². The molecule has 1 unspecified atom stereocenters. The smallest absolute Gasteiger partial charge is 0.228 e. The summed E-state index contributed by atoms with van der Waals surface area (Å²) in [5, 5.41) is 10.2. The largest absolute Gasteiger partial charge is 0.493 e. The van der Waals surface area contributed by atoms with Gasteiger partial charge in [-0.2, -0.15) is 4.98 Å². The van der Waals surface area contributed by atoms with Gasteiger partial charge in [0.1, 0.15) is 6.10 Å². The van der Waals surface area contributed by atoms with Gasteiger partial charge in [0, 0.05) is 19.5 Å². The van der Waals surface area contributed by atoms with Gasteiger partial charge in [0.2, 0.25) is 5.89 Å². The van der Waals surface area contributed by atoms with Gasteiger partial charge in [-0.25, -0.2) is 4.99 Å². The molecule has 0 saturated heterocycles. The van der Waals surface area contributed by atoms with Crippen molar-refractivity contribution in [3.63, 3.8) is 0 Å². The molecule has 1 aromatic carbocycles. The van der Waals surface area contributed by atoms with Crippen LogP contribution in [0.3, 0.4) is 0 Å². The molecule has 26 heavy (non-hydrogen) atoms. The fourth-order valence-electron chi connectivity index (χ4n) is 2.26. The average Bonchev–Trinajstić information content (AvgIpc) is 3.05. The quantitative estimate of drug-likeness (QED) is 0.521. The molecule has 0 aliphatic heterocycles. The summed E-state index contributed by atoms with van der Waals surface area (Å²) in [6.07, 6.45) is 0.541. The molecule has 2 N–H and O–H groups in total. The lowest BCUT2D eigenvalue weighted by atomic mass is 10.3. The van der Waals surface area contributed by atoms with Crippen LogP contribution in [0.15, 0.2) is 33.8 Å². The fourth-order valence-corrected chi connectivity index (χ4v) is 2.26. The third-order valence-corrected chi connectivity index (χ3v) is 3.45. The van der Waals surface area contributed by atoms with Crippen molar-refractivity contribution >= 4 is 5.96 Å². The number of aryl methyl sites for hydroxylation is 1. The van der Waals surface area contributed by atoms with Crippen LogP contribution in [0.5, 0.6) is 11.5 Å². The Morgan fingerprint density at radius 1 is 1.27 bits per heavy atom. The van der Waals surface area contributed by atoms with Crippen molar-refractivity contribution in [2.45, 2.75) is 33.3 Å². The summed E-state index contributed by atoms with van der Waals surface area (Å²) in [4.78, 5) is 8.74. The number of hydrogen-bond acceptors (Lipinski definition) is 6. The van der Waals surface area contributed by atoms with Crippen LogP contribution in [0, 0.1) is 6.92 Å².